The second-order valence-electron chi connectivity index (χ2n) is 10.3. The number of nitrogens with one attached hydrogen (secondary N) is 2. The highest BCUT2D eigenvalue weighted by Gasteiger charge is 2.43. The summed E-state index contributed by atoms with van der Waals surface area (Å²) in [6, 6.07) is 22.3. The summed E-state index contributed by atoms with van der Waals surface area (Å²) in [4.78, 5) is 21.9. The fourth-order valence-electron chi connectivity index (χ4n) is 4.66. The average molecular weight is 482 g/mol. The van der Waals surface area contributed by atoms with Gasteiger partial charge in [-0.05, 0) is 63.3 Å². The van der Waals surface area contributed by atoms with Crippen molar-refractivity contribution in [3.8, 4) is 22.4 Å². The first kappa shape index (κ1) is 23.8. The summed E-state index contributed by atoms with van der Waals surface area (Å²) in [5.74, 6) is 6.30. The van der Waals surface area contributed by atoms with Crippen LogP contribution in [0.1, 0.15) is 45.6 Å². The van der Waals surface area contributed by atoms with Crippen molar-refractivity contribution in [3.63, 3.8) is 0 Å². The number of nitrogen functional groups attached to an aromatic ring is 1. The number of pyridine rings is 2. The Labute approximate surface area is 211 Å². The molecule has 2 heterocycles. The van der Waals surface area contributed by atoms with Gasteiger partial charge >= 0.3 is 6.09 Å². The topological polar surface area (TPSA) is 102 Å². The average Bonchev–Trinajstić information content (AvgIpc) is 2.84. The molecular weight excluding hydrogens is 450 g/mol. The summed E-state index contributed by atoms with van der Waals surface area (Å²) < 4.78 is 5.97. The molecule has 1 fully saturated rings. The molecule has 0 saturated heterocycles. The number of carbonyl (C=O) groups excluding carboxylic acids is 1. The summed E-state index contributed by atoms with van der Waals surface area (Å²) in [6.45, 7) is 5.83. The molecule has 1 saturated carbocycles. The van der Waals surface area contributed by atoms with Crippen LogP contribution >= 0.6 is 0 Å². The van der Waals surface area contributed by atoms with Crippen LogP contribution in [0, 0.1) is 0 Å². The predicted molar refractivity (Wildman–Crippen MR) is 143 cm³/mol. The van der Waals surface area contributed by atoms with E-state index >= 15 is 0 Å². The Hall–Kier alpha value is -3.97. The molecule has 36 heavy (non-hydrogen) atoms. The van der Waals surface area contributed by atoms with Gasteiger partial charge in [0.05, 0.1) is 11.2 Å². The summed E-state index contributed by atoms with van der Waals surface area (Å²) in [6.07, 6.45) is 3.97. The Kier molecular flexibility index (Phi) is 6.10. The maximum Gasteiger partial charge on any atom is 0.408 e. The third-order valence-corrected chi connectivity index (χ3v) is 6.58. The number of alkyl carbamates (subject to hydrolysis) is 1. The van der Waals surface area contributed by atoms with E-state index in [-0.39, 0.29) is 11.6 Å². The molecule has 4 aromatic rings. The molecule has 1 amide bonds. The number of amides is 1. The number of benzene rings is 2. The van der Waals surface area contributed by atoms with Gasteiger partial charge in [0, 0.05) is 28.2 Å². The van der Waals surface area contributed by atoms with Gasteiger partial charge in [-0.2, -0.15) is 0 Å². The number of anilines is 1. The number of hydrogen-bond donors (Lipinski definition) is 3. The van der Waals surface area contributed by atoms with Gasteiger partial charge < -0.3 is 15.5 Å². The van der Waals surface area contributed by atoms with Crippen LogP contribution in [0.3, 0.4) is 0 Å². The lowest BCUT2D eigenvalue weighted by Gasteiger charge is -2.42. The molecule has 1 aliphatic carbocycles. The number of hydrazine groups is 1. The number of ether oxygens (including phenoxy) is 1. The minimum Gasteiger partial charge on any atom is -0.438 e. The normalized spacial score (nSPS) is 14.7. The number of rotatable bonds is 5. The third-order valence-electron chi connectivity index (χ3n) is 6.58. The molecule has 4 N–H and O–H groups in total. The first-order chi connectivity index (χ1) is 17.3. The summed E-state index contributed by atoms with van der Waals surface area (Å²) in [5.41, 5.74) is 7.43. The lowest BCUT2D eigenvalue weighted by atomic mass is 9.74. The smallest absolute Gasteiger partial charge is 0.408 e. The fraction of sp³-hybridized carbons (Fsp3) is 0.276. The maximum atomic E-state index is 12.5. The van der Waals surface area contributed by atoms with Gasteiger partial charge in [-0.3, -0.25) is 0 Å². The van der Waals surface area contributed by atoms with Gasteiger partial charge in [-0.25, -0.2) is 20.6 Å². The molecule has 5 rings (SSSR count). The van der Waals surface area contributed by atoms with E-state index in [1.54, 1.807) is 6.20 Å². The van der Waals surface area contributed by atoms with Crippen molar-refractivity contribution >= 4 is 22.8 Å². The Morgan fingerprint density at radius 3 is 2.33 bits per heavy atom. The number of nitrogens with zero attached hydrogens (tertiary/aromatic N) is 2. The highest BCUT2D eigenvalue weighted by atomic mass is 16.6. The van der Waals surface area contributed by atoms with Crippen molar-refractivity contribution in [2.24, 2.45) is 5.84 Å². The first-order valence-corrected chi connectivity index (χ1v) is 12.2. The van der Waals surface area contributed by atoms with Crippen LogP contribution in [-0.2, 0) is 10.3 Å². The van der Waals surface area contributed by atoms with Gasteiger partial charge in [-0.15, -0.1) is 0 Å². The Bertz CT molecular complexity index is 1390. The highest BCUT2D eigenvalue weighted by molar-refractivity contribution is 5.96. The summed E-state index contributed by atoms with van der Waals surface area (Å²) in [5, 5.41) is 3.76. The lowest BCUT2D eigenvalue weighted by molar-refractivity contribution is -0.0549. The lowest BCUT2D eigenvalue weighted by Crippen LogP contribution is -2.47. The van der Waals surface area contributed by atoms with E-state index in [4.69, 9.17) is 15.6 Å². The zero-order valence-corrected chi connectivity index (χ0v) is 20.8. The number of nitrogens with two attached hydrogens (primary N) is 1. The molecule has 0 atom stereocenters. The van der Waals surface area contributed by atoms with Crippen LogP contribution in [0.25, 0.3) is 33.3 Å². The van der Waals surface area contributed by atoms with Crippen molar-refractivity contribution in [2.45, 2.75) is 51.2 Å². The predicted octanol–water partition coefficient (Wildman–Crippen LogP) is 6.15. The van der Waals surface area contributed by atoms with Crippen LogP contribution in [0.4, 0.5) is 10.6 Å². The minimum atomic E-state index is -0.583. The van der Waals surface area contributed by atoms with Crippen LogP contribution in [0.15, 0.2) is 72.9 Å². The highest BCUT2D eigenvalue weighted by Crippen LogP contribution is 2.45. The van der Waals surface area contributed by atoms with E-state index in [0.717, 1.165) is 58.1 Å². The maximum absolute atomic E-state index is 12.5. The Balaban J connectivity index is 1.54. The van der Waals surface area contributed by atoms with Crippen LogP contribution in [0.5, 0.6) is 0 Å². The molecule has 2 aromatic carbocycles. The standard InChI is InChI=1S/C29H31N5O2/c1-28(2,3)33-27(35)36-29(15-7-16-29)21-12-10-20(11-13-21)25-22(19-8-5-4-6-9-19)18-23-24(32-25)14-17-31-26(23)34-30/h4-6,8-14,17-18H,7,15-16,30H2,1-3H3,(H,31,34)(H,33,35). The van der Waals surface area contributed by atoms with Crippen LogP contribution in [0.2, 0.25) is 0 Å². The third kappa shape index (κ3) is 4.62. The second kappa shape index (κ2) is 9.24. The second-order valence-corrected chi connectivity index (χ2v) is 10.3. The van der Waals surface area contributed by atoms with Crippen molar-refractivity contribution in [3.05, 3.63) is 78.5 Å². The van der Waals surface area contributed by atoms with E-state index in [1.807, 2.05) is 45.0 Å². The monoisotopic (exact) mass is 481 g/mol. The molecule has 0 bridgehead atoms. The zero-order valence-electron chi connectivity index (χ0n) is 20.8. The summed E-state index contributed by atoms with van der Waals surface area (Å²) in [7, 11) is 0. The van der Waals surface area contributed by atoms with E-state index in [0.29, 0.717) is 5.82 Å². The van der Waals surface area contributed by atoms with Gasteiger partial charge in [0.1, 0.15) is 11.4 Å². The quantitative estimate of drug-likeness (QED) is 0.233. The van der Waals surface area contributed by atoms with Crippen LogP contribution in [-0.4, -0.2) is 21.6 Å². The molecule has 0 radical (unpaired) electrons. The van der Waals surface area contributed by atoms with Gasteiger partial charge in [0.2, 0.25) is 0 Å². The van der Waals surface area contributed by atoms with Crippen molar-refractivity contribution in [1.29, 1.82) is 0 Å². The minimum absolute atomic E-state index is 0.351. The SMILES string of the molecule is CC(C)(C)NC(=O)OC1(c2ccc(-c3nc4ccnc(NN)c4cc3-c3ccccc3)cc2)CCC1. The molecule has 184 valence electrons. The fourth-order valence-corrected chi connectivity index (χ4v) is 4.66. The molecule has 7 heteroatoms. The number of carbonyl (C=O) groups is 1. The van der Waals surface area contributed by atoms with Crippen molar-refractivity contribution in [1.82, 2.24) is 15.3 Å². The molecule has 0 spiro atoms. The molecule has 0 aliphatic heterocycles. The molecule has 1 aliphatic rings. The zero-order chi connectivity index (χ0) is 25.3. The Morgan fingerprint density at radius 2 is 1.72 bits per heavy atom. The molecule has 2 aromatic heterocycles. The number of fused-ring (bicyclic) bond motifs is 1. The van der Waals surface area contributed by atoms with Gasteiger partial charge in [0.25, 0.3) is 0 Å². The first-order valence-electron chi connectivity index (χ1n) is 12.2. The molecular formula is C29H31N5O2. The largest absolute Gasteiger partial charge is 0.438 e. The van der Waals surface area contributed by atoms with Crippen LogP contribution < -0.4 is 16.6 Å². The number of hydrogen-bond acceptors (Lipinski definition) is 6. The summed E-state index contributed by atoms with van der Waals surface area (Å²) >= 11 is 0. The van der Waals surface area contributed by atoms with Gasteiger partial charge in [0.15, 0.2) is 0 Å². The molecule has 7 nitrogen and oxygen atoms in total. The van der Waals surface area contributed by atoms with E-state index in [9.17, 15) is 4.79 Å². The Morgan fingerprint density at radius 1 is 1.00 bits per heavy atom. The van der Waals surface area contributed by atoms with E-state index in [2.05, 4.69) is 58.2 Å². The molecule has 0 unspecified atom stereocenters. The van der Waals surface area contributed by atoms with E-state index in [1.165, 1.54) is 0 Å². The van der Waals surface area contributed by atoms with Gasteiger partial charge in [-0.1, -0.05) is 54.6 Å². The van der Waals surface area contributed by atoms with Crippen molar-refractivity contribution in [2.75, 3.05) is 5.43 Å². The van der Waals surface area contributed by atoms with E-state index < -0.39 is 5.60 Å². The number of aromatic nitrogens is 2. The van der Waals surface area contributed by atoms with Crippen molar-refractivity contribution < 1.29 is 9.53 Å².